The molecule has 0 bridgehead atoms. The highest BCUT2D eigenvalue weighted by Crippen LogP contribution is 2.17. The van der Waals surface area contributed by atoms with Crippen molar-refractivity contribution in [3.8, 4) is 0 Å². The van der Waals surface area contributed by atoms with Crippen LogP contribution in [0.3, 0.4) is 0 Å². The molecule has 0 radical (unpaired) electrons. The minimum absolute atomic E-state index is 0.816. The number of rotatable bonds is 4. The third-order valence-electron chi connectivity index (χ3n) is 2.08. The van der Waals surface area contributed by atoms with Crippen molar-refractivity contribution in [2.75, 3.05) is 14.1 Å². The van der Waals surface area contributed by atoms with E-state index in [0.717, 1.165) is 22.0 Å². The first kappa shape index (κ1) is 12.2. The van der Waals surface area contributed by atoms with Crippen molar-refractivity contribution in [2.24, 2.45) is 0 Å². The summed E-state index contributed by atoms with van der Waals surface area (Å²) in [6, 6.07) is 0. The normalized spacial score (nSPS) is 11.8. The first-order chi connectivity index (χ1) is 5.91. The molecule has 13 heavy (non-hydrogen) atoms. The third kappa shape index (κ3) is 3.19. The van der Waals surface area contributed by atoms with Gasteiger partial charge in [0, 0.05) is 25.5 Å². The Morgan fingerprint density at radius 2 is 1.77 bits per heavy atom. The van der Waals surface area contributed by atoms with E-state index in [2.05, 4.69) is 31.1 Å². The molecular weight excluding hydrogens is 180 g/mol. The molecule has 0 rings (SSSR count). The summed E-state index contributed by atoms with van der Waals surface area (Å²) in [4.78, 5) is 2.94. The molecule has 0 saturated heterocycles. The Balaban J connectivity index is 4.63. The average molecular weight is 198 g/mol. The molecule has 74 valence electrons. The molecule has 0 heterocycles. The highest BCUT2D eigenvalue weighted by Gasteiger charge is 2.07. The van der Waals surface area contributed by atoms with Crippen LogP contribution in [0, 0.1) is 0 Å². The fraction of sp³-hybridized carbons (Fsp3) is 0.400. The molecule has 0 aromatic heterocycles. The van der Waals surface area contributed by atoms with Gasteiger partial charge in [0.2, 0.25) is 0 Å². The van der Waals surface area contributed by atoms with Crippen LogP contribution in [0.15, 0.2) is 35.2 Å². The van der Waals surface area contributed by atoms with Crippen LogP contribution in [0.5, 0.6) is 0 Å². The summed E-state index contributed by atoms with van der Waals surface area (Å²) >= 11 is 4.27. The zero-order valence-corrected chi connectivity index (χ0v) is 9.70. The Labute approximate surface area is 86.4 Å². The first-order valence-corrected chi connectivity index (χ1v) is 4.52. The van der Waals surface area contributed by atoms with Crippen molar-refractivity contribution < 1.29 is 0 Å². The fourth-order valence-electron chi connectivity index (χ4n) is 0.792. The lowest BCUT2D eigenvalue weighted by Crippen LogP contribution is -2.21. The average Bonchev–Trinajstić information content (AvgIpc) is 2.12. The maximum Gasteiger partial charge on any atom is 0.0562 e. The van der Waals surface area contributed by atoms with Gasteiger partial charge in [-0.05, 0) is 18.8 Å². The number of hydrogen-bond donors (Lipinski definition) is 2. The molecular formula is C10H18N2S. The minimum atomic E-state index is 0.816. The second kappa shape index (κ2) is 5.02. The summed E-state index contributed by atoms with van der Waals surface area (Å²) in [6.07, 6.45) is 0. The largest absolute Gasteiger partial charge is 0.387 e. The monoisotopic (exact) mass is 198 g/mol. The molecule has 0 aliphatic rings. The van der Waals surface area contributed by atoms with Gasteiger partial charge in [-0.15, -0.1) is 12.6 Å². The van der Waals surface area contributed by atoms with Crippen LogP contribution in [0.25, 0.3) is 0 Å². The van der Waals surface area contributed by atoms with Crippen LogP contribution in [0.1, 0.15) is 13.8 Å². The lowest BCUT2D eigenvalue weighted by molar-refractivity contribution is 0.522. The Morgan fingerprint density at radius 1 is 1.31 bits per heavy atom. The Morgan fingerprint density at radius 3 is 2.08 bits per heavy atom. The van der Waals surface area contributed by atoms with Crippen molar-refractivity contribution in [3.63, 3.8) is 0 Å². The van der Waals surface area contributed by atoms with Crippen molar-refractivity contribution in [1.29, 1.82) is 0 Å². The summed E-state index contributed by atoms with van der Waals surface area (Å²) in [5.41, 5.74) is 2.74. The zero-order chi connectivity index (χ0) is 10.6. The standard InChI is InChI=1S/C10H18N2S/c1-7(11-5)8(2)12(6)9(3)10(4)13/h11,13H,1-2H2,3-6H3/b10-9+. The molecule has 0 aliphatic carbocycles. The second-order valence-corrected chi connectivity index (χ2v) is 3.58. The third-order valence-corrected chi connectivity index (χ3v) is 2.41. The van der Waals surface area contributed by atoms with E-state index in [-0.39, 0.29) is 0 Å². The van der Waals surface area contributed by atoms with E-state index in [1.807, 2.05) is 32.8 Å². The van der Waals surface area contributed by atoms with Crippen LogP contribution in [0.4, 0.5) is 0 Å². The van der Waals surface area contributed by atoms with Crippen LogP contribution in [-0.2, 0) is 0 Å². The van der Waals surface area contributed by atoms with Gasteiger partial charge in [0.15, 0.2) is 0 Å². The smallest absolute Gasteiger partial charge is 0.0562 e. The molecule has 0 amide bonds. The highest BCUT2D eigenvalue weighted by molar-refractivity contribution is 7.84. The second-order valence-electron chi connectivity index (χ2n) is 2.91. The molecule has 0 unspecified atom stereocenters. The van der Waals surface area contributed by atoms with E-state index < -0.39 is 0 Å². The predicted molar refractivity (Wildman–Crippen MR) is 62.5 cm³/mol. The lowest BCUT2D eigenvalue weighted by atomic mass is 10.3. The van der Waals surface area contributed by atoms with Crippen molar-refractivity contribution in [1.82, 2.24) is 10.2 Å². The van der Waals surface area contributed by atoms with Crippen LogP contribution >= 0.6 is 12.6 Å². The number of nitrogens with one attached hydrogen (secondary N) is 1. The van der Waals surface area contributed by atoms with Gasteiger partial charge in [-0.2, -0.15) is 0 Å². The van der Waals surface area contributed by atoms with Crippen LogP contribution in [0.2, 0.25) is 0 Å². The summed E-state index contributed by atoms with van der Waals surface area (Å²) in [7, 11) is 3.77. The lowest BCUT2D eigenvalue weighted by Gasteiger charge is -2.24. The van der Waals surface area contributed by atoms with Gasteiger partial charge >= 0.3 is 0 Å². The zero-order valence-electron chi connectivity index (χ0n) is 8.81. The maximum absolute atomic E-state index is 4.27. The number of allylic oxidation sites excluding steroid dienone is 2. The summed E-state index contributed by atoms with van der Waals surface area (Å²) in [6.45, 7) is 11.7. The van der Waals surface area contributed by atoms with E-state index in [1.54, 1.807) is 0 Å². The molecule has 0 aromatic rings. The molecule has 2 nitrogen and oxygen atoms in total. The summed E-state index contributed by atoms with van der Waals surface area (Å²) < 4.78 is 0. The Hall–Kier alpha value is -0.830. The summed E-state index contributed by atoms with van der Waals surface area (Å²) in [5, 5.41) is 2.96. The first-order valence-electron chi connectivity index (χ1n) is 4.08. The van der Waals surface area contributed by atoms with Crippen molar-refractivity contribution in [2.45, 2.75) is 13.8 Å². The molecule has 3 heteroatoms. The van der Waals surface area contributed by atoms with Crippen LogP contribution < -0.4 is 5.32 Å². The van der Waals surface area contributed by atoms with Gasteiger partial charge in [-0.1, -0.05) is 13.2 Å². The van der Waals surface area contributed by atoms with E-state index in [4.69, 9.17) is 0 Å². The molecule has 1 N–H and O–H groups in total. The number of hydrogen-bond acceptors (Lipinski definition) is 3. The topological polar surface area (TPSA) is 15.3 Å². The Bertz CT molecular complexity index is 250. The van der Waals surface area contributed by atoms with Gasteiger partial charge in [0.25, 0.3) is 0 Å². The molecule has 0 atom stereocenters. The molecule has 0 saturated carbocycles. The predicted octanol–water partition coefficient (Wildman–Crippen LogP) is 2.35. The van der Waals surface area contributed by atoms with Gasteiger partial charge in [-0.25, -0.2) is 0 Å². The maximum atomic E-state index is 4.27. The van der Waals surface area contributed by atoms with Gasteiger partial charge < -0.3 is 10.2 Å². The Kier molecular flexibility index (Phi) is 4.70. The van der Waals surface area contributed by atoms with Crippen molar-refractivity contribution in [3.05, 3.63) is 35.2 Å². The van der Waals surface area contributed by atoms with E-state index in [1.165, 1.54) is 0 Å². The molecule has 0 aliphatic heterocycles. The SMILES string of the molecule is C=C(NC)C(=C)N(C)/C(C)=C(\C)S. The van der Waals surface area contributed by atoms with Crippen molar-refractivity contribution >= 4 is 12.6 Å². The van der Waals surface area contributed by atoms with Gasteiger partial charge in [-0.3, -0.25) is 0 Å². The number of likely N-dealkylation sites (N-methyl/N-ethyl adjacent to an activating group) is 2. The molecule has 0 spiro atoms. The quantitative estimate of drug-likeness (QED) is 0.532. The number of nitrogens with zero attached hydrogens (tertiary/aromatic N) is 1. The summed E-state index contributed by atoms with van der Waals surface area (Å²) in [5.74, 6) is 0. The molecule has 0 aromatic carbocycles. The minimum Gasteiger partial charge on any atom is -0.387 e. The van der Waals surface area contributed by atoms with E-state index in [9.17, 15) is 0 Å². The van der Waals surface area contributed by atoms with E-state index in [0.29, 0.717) is 0 Å². The molecule has 0 fully saturated rings. The van der Waals surface area contributed by atoms with Gasteiger partial charge in [0.05, 0.1) is 5.70 Å². The fourth-order valence-corrected chi connectivity index (χ4v) is 0.942. The van der Waals surface area contributed by atoms with E-state index >= 15 is 0 Å². The van der Waals surface area contributed by atoms with Gasteiger partial charge in [0.1, 0.15) is 0 Å². The number of thiol groups is 1. The highest BCUT2D eigenvalue weighted by atomic mass is 32.1. The van der Waals surface area contributed by atoms with Crippen LogP contribution in [-0.4, -0.2) is 19.0 Å².